The zero-order chi connectivity index (χ0) is 7.68. The standard InChI is InChI=1S/C8H8N2S/c11-6-7-5-10-4-2-1-3-8(10)9-7/h1-5,11H,6H2. The van der Waals surface area contributed by atoms with E-state index in [1.54, 1.807) is 0 Å². The highest BCUT2D eigenvalue weighted by Crippen LogP contribution is 2.05. The van der Waals surface area contributed by atoms with Gasteiger partial charge in [-0.05, 0) is 12.1 Å². The lowest BCUT2D eigenvalue weighted by atomic mass is 10.5. The molecule has 0 saturated carbocycles. The van der Waals surface area contributed by atoms with Crippen LogP contribution in [0.3, 0.4) is 0 Å². The van der Waals surface area contributed by atoms with E-state index in [-0.39, 0.29) is 0 Å². The van der Waals surface area contributed by atoms with Crippen molar-refractivity contribution in [1.82, 2.24) is 9.38 Å². The molecular weight excluding hydrogens is 156 g/mol. The first-order valence-electron chi connectivity index (χ1n) is 3.43. The lowest BCUT2D eigenvalue weighted by molar-refractivity contribution is 1.18. The Labute approximate surface area is 70.3 Å². The summed E-state index contributed by atoms with van der Waals surface area (Å²) in [6.07, 6.45) is 3.97. The highest BCUT2D eigenvalue weighted by molar-refractivity contribution is 7.79. The van der Waals surface area contributed by atoms with Crippen molar-refractivity contribution in [3.05, 3.63) is 36.3 Å². The Morgan fingerprint density at radius 3 is 3.09 bits per heavy atom. The second-order valence-corrected chi connectivity index (χ2v) is 2.67. The minimum Gasteiger partial charge on any atom is -0.307 e. The van der Waals surface area contributed by atoms with Crippen LogP contribution in [0.1, 0.15) is 5.69 Å². The molecule has 0 atom stereocenters. The van der Waals surface area contributed by atoms with Crippen LogP contribution in [-0.4, -0.2) is 9.38 Å². The first-order valence-corrected chi connectivity index (χ1v) is 4.07. The van der Waals surface area contributed by atoms with Crippen LogP contribution in [0.25, 0.3) is 5.65 Å². The molecule has 0 unspecified atom stereocenters. The third-order valence-electron chi connectivity index (χ3n) is 1.58. The number of hydrogen-bond donors (Lipinski definition) is 1. The Balaban J connectivity index is 2.69. The maximum absolute atomic E-state index is 4.32. The molecule has 0 spiro atoms. The molecular formula is C8H8N2S. The van der Waals surface area contributed by atoms with Crippen LogP contribution in [0.15, 0.2) is 30.6 Å². The maximum atomic E-state index is 4.32. The van der Waals surface area contributed by atoms with Gasteiger partial charge in [0.15, 0.2) is 0 Å². The number of aromatic nitrogens is 2. The van der Waals surface area contributed by atoms with Crippen molar-refractivity contribution in [2.75, 3.05) is 0 Å². The molecule has 0 fully saturated rings. The molecule has 56 valence electrons. The smallest absolute Gasteiger partial charge is 0.137 e. The SMILES string of the molecule is SCc1cn2ccccc2n1. The summed E-state index contributed by atoms with van der Waals surface area (Å²) in [6, 6.07) is 5.94. The second kappa shape index (κ2) is 2.58. The molecule has 2 nitrogen and oxygen atoms in total. The summed E-state index contributed by atoms with van der Waals surface area (Å²) >= 11 is 4.14. The molecule has 2 heterocycles. The minimum absolute atomic E-state index is 0.696. The van der Waals surface area contributed by atoms with Gasteiger partial charge in [0.1, 0.15) is 5.65 Å². The van der Waals surface area contributed by atoms with Gasteiger partial charge in [-0.1, -0.05) is 6.07 Å². The van der Waals surface area contributed by atoms with Gasteiger partial charge < -0.3 is 4.40 Å². The van der Waals surface area contributed by atoms with E-state index >= 15 is 0 Å². The highest BCUT2D eigenvalue weighted by Gasteiger charge is 1.96. The van der Waals surface area contributed by atoms with Crippen molar-refractivity contribution in [3.63, 3.8) is 0 Å². The number of imidazole rings is 1. The largest absolute Gasteiger partial charge is 0.307 e. The van der Waals surface area contributed by atoms with Gasteiger partial charge in [0, 0.05) is 18.1 Å². The Bertz CT molecular complexity index is 334. The van der Waals surface area contributed by atoms with Gasteiger partial charge in [0.2, 0.25) is 0 Å². The van der Waals surface area contributed by atoms with Gasteiger partial charge >= 0.3 is 0 Å². The molecule has 0 aliphatic carbocycles. The predicted octanol–water partition coefficient (Wildman–Crippen LogP) is 1.76. The van der Waals surface area contributed by atoms with Gasteiger partial charge in [0.05, 0.1) is 5.69 Å². The van der Waals surface area contributed by atoms with E-state index in [0.29, 0.717) is 5.75 Å². The average molecular weight is 164 g/mol. The van der Waals surface area contributed by atoms with Crippen LogP contribution in [0, 0.1) is 0 Å². The topological polar surface area (TPSA) is 17.3 Å². The zero-order valence-corrected chi connectivity index (χ0v) is 6.83. The molecule has 0 saturated heterocycles. The third kappa shape index (κ3) is 1.12. The molecule has 0 bridgehead atoms. The summed E-state index contributed by atoms with van der Waals surface area (Å²) in [7, 11) is 0. The van der Waals surface area contributed by atoms with Crippen molar-refractivity contribution < 1.29 is 0 Å². The molecule has 0 aliphatic heterocycles. The van der Waals surface area contributed by atoms with Gasteiger partial charge in [-0.3, -0.25) is 0 Å². The number of thiol groups is 1. The van der Waals surface area contributed by atoms with Crippen molar-refractivity contribution in [1.29, 1.82) is 0 Å². The molecule has 0 N–H and O–H groups in total. The zero-order valence-electron chi connectivity index (χ0n) is 5.94. The molecule has 2 aromatic heterocycles. The van der Waals surface area contributed by atoms with Gasteiger partial charge in [-0.15, -0.1) is 0 Å². The Hall–Kier alpha value is -0.960. The van der Waals surface area contributed by atoms with Crippen LogP contribution in [0.4, 0.5) is 0 Å². The summed E-state index contributed by atoms with van der Waals surface area (Å²) in [5, 5.41) is 0. The monoisotopic (exact) mass is 164 g/mol. The first-order chi connectivity index (χ1) is 5.40. The molecule has 0 radical (unpaired) electrons. The Morgan fingerprint density at radius 1 is 1.45 bits per heavy atom. The fourth-order valence-electron chi connectivity index (χ4n) is 1.06. The van der Waals surface area contributed by atoms with E-state index in [9.17, 15) is 0 Å². The summed E-state index contributed by atoms with van der Waals surface area (Å²) < 4.78 is 1.99. The van der Waals surface area contributed by atoms with Crippen LogP contribution >= 0.6 is 12.6 Å². The lowest BCUT2D eigenvalue weighted by Gasteiger charge is -1.86. The molecule has 11 heavy (non-hydrogen) atoms. The molecule has 3 heteroatoms. The van der Waals surface area contributed by atoms with Crippen LogP contribution in [0.2, 0.25) is 0 Å². The van der Waals surface area contributed by atoms with E-state index in [2.05, 4.69) is 17.6 Å². The van der Waals surface area contributed by atoms with E-state index in [1.807, 2.05) is 35.0 Å². The van der Waals surface area contributed by atoms with Gasteiger partial charge in [-0.25, -0.2) is 4.98 Å². The summed E-state index contributed by atoms with van der Waals surface area (Å²) in [5.41, 5.74) is 2.00. The highest BCUT2D eigenvalue weighted by atomic mass is 32.1. The fraction of sp³-hybridized carbons (Fsp3) is 0.125. The minimum atomic E-state index is 0.696. The number of hydrogen-bond acceptors (Lipinski definition) is 2. The number of fused-ring (bicyclic) bond motifs is 1. The van der Waals surface area contributed by atoms with E-state index in [4.69, 9.17) is 0 Å². The first kappa shape index (κ1) is 6.73. The number of nitrogens with zero attached hydrogens (tertiary/aromatic N) is 2. The quantitative estimate of drug-likeness (QED) is 0.636. The number of rotatable bonds is 1. The van der Waals surface area contributed by atoms with Gasteiger partial charge in [-0.2, -0.15) is 12.6 Å². The average Bonchev–Trinajstić information content (AvgIpc) is 2.46. The van der Waals surface area contributed by atoms with E-state index in [0.717, 1.165) is 11.3 Å². The maximum Gasteiger partial charge on any atom is 0.137 e. The molecule has 2 rings (SSSR count). The summed E-state index contributed by atoms with van der Waals surface area (Å²) in [4.78, 5) is 4.32. The fourth-order valence-corrected chi connectivity index (χ4v) is 1.22. The Kier molecular flexibility index (Phi) is 1.58. The third-order valence-corrected chi connectivity index (χ3v) is 1.90. The Morgan fingerprint density at radius 2 is 2.36 bits per heavy atom. The van der Waals surface area contributed by atoms with E-state index < -0.39 is 0 Å². The van der Waals surface area contributed by atoms with Crippen molar-refractivity contribution in [2.45, 2.75) is 5.75 Å². The number of pyridine rings is 1. The molecule has 0 aromatic carbocycles. The predicted molar refractivity (Wildman–Crippen MR) is 47.9 cm³/mol. The van der Waals surface area contributed by atoms with Crippen LogP contribution in [0.5, 0.6) is 0 Å². The van der Waals surface area contributed by atoms with Crippen molar-refractivity contribution in [2.24, 2.45) is 0 Å². The summed E-state index contributed by atoms with van der Waals surface area (Å²) in [5.74, 6) is 0.696. The van der Waals surface area contributed by atoms with Crippen LogP contribution < -0.4 is 0 Å². The molecule has 2 aromatic rings. The van der Waals surface area contributed by atoms with Gasteiger partial charge in [0.25, 0.3) is 0 Å². The van der Waals surface area contributed by atoms with E-state index in [1.165, 1.54) is 0 Å². The van der Waals surface area contributed by atoms with Crippen molar-refractivity contribution >= 4 is 18.3 Å². The lowest BCUT2D eigenvalue weighted by Crippen LogP contribution is -1.77. The van der Waals surface area contributed by atoms with Crippen molar-refractivity contribution in [3.8, 4) is 0 Å². The second-order valence-electron chi connectivity index (χ2n) is 2.36. The molecule has 0 aliphatic rings. The summed E-state index contributed by atoms with van der Waals surface area (Å²) in [6.45, 7) is 0. The molecule has 0 amide bonds. The van der Waals surface area contributed by atoms with Crippen LogP contribution in [-0.2, 0) is 5.75 Å². The normalized spacial score (nSPS) is 10.6.